The van der Waals surface area contributed by atoms with Gasteiger partial charge in [-0.2, -0.15) is 4.31 Å². The van der Waals surface area contributed by atoms with E-state index in [9.17, 15) is 18.0 Å². The molecule has 1 saturated heterocycles. The van der Waals surface area contributed by atoms with E-state index in [0.717, 1.165) is 16.5 Å². The first-order valence-electron chi connectivity index (χ1n) is 11.8. The Balaban J connectivity index is 1.20. The van der Waals surface area contributed by atoms with Crippen LogP contribution in [0.25, 0.3) is 10.9 Å². The number of nitrogens with one attached hydrogen (secondary N) is 2. The average Bonchev–Trinajstić information content (AvgIpc) is 3.29. The van der Waals surface area contributed by atoms with Crippen molar-refractivity contribution in [2.75, 3.05) is 31.5 Å². The zero-order valence-electron chi connectivity index (χ0n) is 19.5. The molecule has 9 nitrogen and oxygen atoms in total. The summed E-state index contributed by atoms with van der Waals surface area (Å²) in [6.45, 7) is 2.97. The molecule has 2 aliphatic rings. The van der Waals surface area contributed by atoms with Crippen LogP contribution in [0, 0.1) is 0 Å². The third kappa shape index (κ3) is 4.51. The van der Waals surface area contributed by atoms with Gasteiger partial charge in [0, 0.05) is 49.7 Å². The Hall–Kier alpha value is -3.37. The number of nitrogens with zero attached hydrogens (tertiary/aromatic N) is 2. The molecule has 2 aromatic carbocycles. The minimum atomic E-state index is -3.77. The van der Waals surface area contributed by atoms with Crippen molar-refractivity contribution in [1.29, 1.82) is 0 Å². The number of sulfonamides is 1. The summed E-state index contributed by atoms with van der Waals surface area (Å²) in [7, 11) is -3.77. The summed E-state index contributed by atoms with van der Waals surface area (Å²) < 4.78 is 33.5. The Kier molecular flexibility index (Phi) is 6.24. The van der Waals surface area contributed by atoms with Crippen molar-refractivity contribution in [3.05, 3.63) is 54.2 Å². The fourth-order valence-corrected chi connectivity index (χ4v) is 6.07. The molecule has 0 unspecified atom stereocenters. The number of ether oxygens (including phenoxy) is 1. The smallest absolute Gasteiger partial charge is 0.265 e. The molecule has 0 saturated carbocycles. The first-order chi connectivity index (χ1) is 16.9. The minimum absolute atomic E-state index is 0.0199. The highest BCUT2D eigenvalue weighted by Crippen LogP contribution is 2.33. The zero-order chi connectivity index (χ0) is 24.6. The van der Waals surface area contributed by atoms with Crippen molar-refractivity contribution in [3.63, 3.8) is 0 Å². The number of hydrogen-bond donors (Lipinski definition) is 2. The Labute approximate surface area is 204 Å². The van der Waals surface area contributed by atoms with Gasteiger partial charge in [-0.25, -0.2) is 8.42 Å². The highest BCUT2D eigenvalue weighted by Gasteiger charge is 2.32. The van der Waals surface area contributed by atoms with Gasteiger partial charge in [-0.15, -0.1) is 0 Å². The van der Waals surface area contributed by atoms with Gasteiger partial charge in [-0.05, 0) is 42.7 Å². The van der Waals surface area contributed by atoms with Crippen LogP contribution in [0.15, 0.2) is 53.6 Å². The second-order valence-electron chi connectivity index (χ2n) is 8.81. The number of aromatic nitrogens is 1. The first-order valence-corrected chi connectivity index (χ1v) is 13.3. The van der Waals surface area contributed by atoms with Gasteiger partial charge in [0.2, 0.25) is 15.9 Å². The van der Waals surface area contributed by atoms with Crippen LogP contribution < -0.4 is 10.1 Å². The molecule has 2 N–H and O–H groups in total. The zero-order valence-corrected chi connectivity index (χ0v) is 20.3. The lowest BCUT2D eigenvalue weighted by Gasteiger charge is -2.34. The van der Waals surface area contributed by atoms with Gasteiger partial charge >= 0.3 is 0 Å². The van der Waals surface area contributed by atoms with E-state index in [1.807, 2.05) is 37.4 Å². The van der Waals surface area contributed by atoms with E-state index >= 15 is 0 Å². The normalized spacial score (nSPS) is 18.7. The number of fused-ring (bicyclic) bond motifs is 2. The number of benzene rings is 2. The first kappa shape index (κ1) is 23.4. The molecule has 2 aliphatic heterocycles. The van der Waals surface area contributed by atoms with Gasteiger partial charge in [-0.3, -0.25) is 9.59 Å². The molecule has 35 heavy (non-hydrogen) atoms. The van der Waals surface area contributed by atoms with E-state index in [1.54, 1.807) is 11.0 Å². The third-order valence-electron chi connectivity index (χ3n) is 6.65. The lowest BCUT2D eigenvalue weighted by Crippen LogP contribution is -2.50. The molecule has 0 bridgehead atoms. The van der Waals surface area contributed by atoms with E-state index < -0.39 is 16.1 Å². The maximum Gasteiger partial charge on any atom is 0.265 e. The van der Waals surface area contributed by atoms with Gasteiger partial charge in [0.05, 0.1) is 10.6 Å². The minimum Gasteiger partial charge on any atom is -0.478 e. The quantitative estimate of drug-likeness (QED) is 0.545. The third-order valence-corrected chi connectivity index (χ3v) is 8.55. The molecule has 0 aliphatic carbocycles. The topological polar surface area (TPSA) is 112 Å². The summed E-state index contributed by atoms with van der Waals surface area (Å²) in [6, 6.07) is 12.5. The predicted molar refractivity (Wildman–Crippen MR) is 132 cm³/mol. The van der Waals surface area contributed by atoms with E-state index in [4.69, 9.17) is 4.74 Å². The van der Waals surface area contributed by atoms with Gasteiger partial charge in [0.25, 0.3) is 5.91 Å². The summed E-state index contributed by atoms with van der Waals surface area (Å²) in [6.07, 6.45) is 2.89. The van der Waals surface area contributed by atoms with Gasteiger partial charge in [0.15, 0.2) is 6.10 Å². The van der Waals surface area contributed by atoms with Gasteiger partial charge < -0.3 is 19.9 Å². The standard InChI is InChI=1S/C25H28N4O5S/c1-2-22-25(31)27-21-15-18(8-9-23(21)34-22)35(32,33)29-13-11-28(12-14-29)24(30)10-7-17-16-26-20-6-4-3-5-19(17)20/h3-6,8-9,15-16,22,26H,2,7,10-14H2,1H3,(H,27,31)/t22-/m1/s1. The molecule has 5 rings (SSSR count). The molecule has 2 amide bonds. The summed E-state index contributed by atoms with van der Waals surface area (Å²) in [5.74, 6) is 0.196. The molecule has 1 aromatic heterocycles. The van der Waals surface area contributed by atoms with Crippen LogP contribution in [0.3, 0.4) is 0 Å². The number of piperazine rings is 1. The van der Waals surface area contributed by atoms with Crippen LogP contribution in [0.5, 0.6) is 5.75 Å². The number of aromatic amines is 1. The van der Waals surface area contributed by atoms with E-state index in [-0.39, 0.29) is 29.8 Å². The Morgan fingerprint density at radius 2 is 1.89 bits per heavy atom. The monoisotopic (exact) mass is 496 g/mol. The van der Waals surface area contributed by atoms with Crippen LogP contribution in [-0.2, 0) is 26.0 Å². The SMILES string of the molecule is CC[C@H]1Oc2ccc(S(=O)(=O)N3CCN(C(=O)CCc4c[nH]c5ccccc45)CC3)cc2NC1=O. The molecule has 3 heterocycles. The van der Waals surface area contributed by atoms with Crippen molar-refractivity contribution in [3.8, 4) is 5.75 Å². The van der Waals surface area contributed by atoms with Crippen LogP contribution in [0.2, 0.25) is 0 Å². The fourth-order valence-electron chi connectivity index (χ4n) is 4.62. The molecule has 1 atom stereocenters. The van der Waals surface area contributed by atoms with Gasteiger partial charge in [-0.1, -0.05) is 25.1 Å². The maximum atomic E-state index is 13.2. The fraction of sp³-hybridized carbons (Fsp3) is 0.360. The van der Waals surface area contributed by atoms with Gasteiger partial charge in [0.1, 0.15) is 5.75 Å². The largest absolute Gasteiger partial charge is 0.478 e. The summed E-state index contributed by atoms with van der Waals surface area (Å²) in [5, 5.41) is 3.85. The lowest BCUT2D eigenvalue weighted by atomic mass is 10.1. The number of aryl methyl sites for hydroxylation is 1. The number of hydrogen-bond acceptors (Lipinski definition) is 5. The second kappa shape index (κ2) is 9.35. The van der Waals surface area contributed by atoms with Crippen molar-refractivity contribution in [2.24, 2.45) is 0 Å². The molecule has 0 radical (unpaired) electrons. The number of amides is 2. The summed E-state index contributed by atoms with van der Waals surface area (Å²) >= 11 is 0. The van der Waals surface area contributed by atoms with E-state index in [2.05, 4.69) is 10.3 Å². The Morgan fingerprint density at radius 3 is 2.66 bits per heavy atom. The van der Waals surface area contributed by atoms with Crippen molar-refractivity contribution in [1.82, 2.24) is 14.2 Å². The number of carbonyl (C=O) groups excluding carboxylic acids is 2. The number of anilines is 1. The molecule has 0 spiro atoms. The van der Waals surface area contributed by atoms with Crippen molar-refractivity contribution < 1.29 is 22.7 Å². The van der Waals surface area contributed by atoms with Crippen LogP contribution in [0.1, 0.15) is 25.3 Å². The van der Waals surface area contributed by atoms with E-state index in [0.29, 0.717) is 43.8 Å². The molecule has 1 fully saturated rings. The second-order valence-corrected chi connectivity index (χ2v) is 10.7. The van der Waals surface area contributed by atoms with Crippen molar-refractivity contribution >= 4 is 38.4 Å². The highest BCUT2D eigenvalue weighted by molar-refractivity contribution is 7.89. The van der Waals surface area contributed by atoms with Crippen molar-refractivity contribution in [2.45, 2.75) is 37.2 Å². The highest BCUT2D eigenvalue weighted by atomic mass is 32.2. The lowest BCUT2D eigenvalue weighted by molar-refractivity contribution is -0.132. The molecular weight excluding hydrogens is 468 g/mol. The van der Waals surface area contributed by atoms with Crippen LogP contribution in [-0.4, -0.2) is 66.7 Å². The Morgan fingerprint density at radius 1 is 1.11 bits per heavy atom. The molecule has 3 aromatic rings. The molecular formula is C25H28N4O5S. The molecule has 184 valence electrons. The average molecular weight is 497 g/mol. The Bertz CT molecular complexity index is 1380. The number of H-pyrrole nitrogens is 1. The number of carbonyl (C=O) groups is 2. The summed E-state index contributed by atoms with van der Waals surface area (Å²) in [4.78, 5) is 29.9. The van der Waals surface area contributed by atoms with E-state index in [1.165, 1.54) is 16.4 Å². The van der Waals surface area contributed by atoms with Crippen LogP contribution >= 0.6 is 0 Å². The predicted octanol–water partition coefficient (Wildman–Crippen LogP) is 2.74. The number of rotatable bonds is 6. The summed E-state index contributed by atoms with van der Waals surface area (Å²) in [5.41, 5.74) is 2.50. The maximum absolute atomic E-state index is 13.2. The number of para-hydroxylation sites is 1. The molecule has 10 heteroatoms. The van der Waals surface area contributed by atoms with Crippen LogP contribution in [0.4, 0.5) is 5.69 Å².